The zero-order valence-electron chi connectivity index (χ0n) is 11.4. The van der Waals surface area contributed by atoms with Gasteiger partial charge in [-0.2, -0.15) is 5.10 Å². The van der Waals surface area contributed by atoms with E-state index in [1.165, 1.54) is 12.1 Å². The minimum absolute atomic E-state index is 0.0463. The Morgan fingerprint density at radius 3 is 3.00 bits per heavy atom. The molecule has 0 aliphatic heterocycles. The molecule has 0 aliphatic rings. The van der Waals surface area contributed by atoms with Crippen LogP contribution in [0.15, 0.2) is 35.1 Å². The molecule has 1 N–H and O–H groups in total. The average Bonchev–Trinajstić information content (AvgIpc) is 2.83. The van der Waals surface area contributed by atoms with Gasteiger partial charge in [-0.3, -0.25) is 4.68 Å². The average molecular weight is 342 g/mol. The molecule has 0 amide bonds. The normalized spacial score (nSPS) is 12.4. The van der Waals surface area contributed by atoms with Crippen molar-refractivity contribution in [2.45, 2.75) is 19.5 Å². The van der Waals surface area contributed by atoms with Gasteiger partial charge in [0.1, 0.15) is 5.82 Å². The Morgan fingerprint density at radius 1 is 1.50 bits per heavy atom. The highest BCUT2D eigenvalue weighted by atomic mass is 79.9. The molecule has 6 heteroatoms. The Morgan fingerprint density at radius 2 is 2.30 bits per heavy atom. The smallest absolute Gasteiger partial charge is 0.124 e. The molecule has 4 nitrogen and oxygen atoms in total. The van der Waals surface area contributed by atoms with Crippen LogP contribution in [0.5, 0.6) is 0 Å². The molecule has 1 aromatic carbocycles. The summed E-state index contributed by atoms with van der Waals surface area (Å²) in [6, 6.07) is 4.74. The highest BCUT2D eigenvalue weighted by Gasteiger charge is 2.11. The fraction of sp³-hybridized carbons (Fsp3) is 0.357. The molecule has 1 heterocycles. The van der Waals surface area contributed by atoms with Crippen molar-refractivity contribution in [1.82, 2.24) is 9.78 Å². The van der Waals surface area contributed by atoms with Crippen LogP contribution < -0.4 is 5.32 Å². The molecular formula is C14H17BrFN3O. The first-order valence-electron chi connectivity index (χ1n) is 6.33. The monoisotopic (exact) mass is 341 g/mol. The lowest BCUT2D eigenvalue weighted by Crippen LogP contribution is -2.07. The number of halogens is 2. The maximum Gasteiger partial charge on any atom is 0.124 e. The third-order valence-corrected chi connectivity index (χ3v) is 3.66. The van der Waals surface area contributed by atoms with Crippen molar-refractivity contribution in [1.29, 1.82) is 0 Å². The molecule has 1 unspecified atom stereocenters. The van der Waals surface area contributed by atoms with Gasteiger partial charge in [-0.05, 0) is 24.6 Å². The quantitative estimate of drug-likeness (QED) is 0.872. The van der Waals surface area contributed by atoms with Gasteiger partial charge in [-0.1, -0.05) is 22.0 Å². The van der Waals surface area contributed by atoms with Gasteiger partial charge in [-0.15, -0.1) is 0 Å². The van der Waals surface area contributed by atoms with Gasteiger partial charge < -0.3 is 10.1 Å². The van der Waals surface area contributed by atoms with E-state index in [0.717, 1.165) is 15.7 Å². The van der Waals surface area contributed by atoms with Gasteiger partial charge in [0.05, 0.1) is 25.0 Å². The largest absolute Gasteiger partial charge is 0.383 e. The highest BCUT2D eigenvalue weighted by Crippen LogP contribution is 2.26. The molecular weight excluding hydrogens is 325 g/mol. The van der Waals surface area contributed by atoms with E-state index in [2.05, 4.69) is 26.3 Å². The topological polar surface area (TPSA) is 39.1 Å². The molecule has 0 radical (unpaired) electrons. The minimum atomic E-state index is -0.250. The van der Waals surface area contributed by atoms with E-state index in [1.807, 2.05) is 17.8 Å². The first-order valence-corrected chi connectivity index (χ1v) is 7.12. The van der Waals surface area contributed by atoms with E-state index in [4.69, 9.17) is 4.74 Å². The van der Waals surface area contributed by atoms with Gasteiger partial charge in [0, 0.05) is 23.8 Å². The van der Waals surface area contributed by atoms with Gasteiger partial charge >= 0.3 is 0 Å². The Hall–Kier alpha value is -1.40. The molecule has 0 saturated carbocycles. The number of nitrogens with zero attached hydrogens (tertiary/aromatic N) is 2. The third kappa shape index (κ3) is 3.80. The van der Waals surface area contributed by atoms with Crippen molar-refractivity contribution in [2.75, 3.05) is 19.0 Å². The summed E-state index contributed by atoms with van der Waals surface area (Å²) in [7, 11) is 1.66. The summed E-state index contributed by atoms with van der Waals surface area (Å²) in [6.45, 7) is 3.36. The molecule has 2 aromatic rings. The minimum Gasteiger partial charge on any atom is -0.383 e. The van der Waals surface area contributed by atoms with Crippen molar-refractivity contribution in [3.05, 3.63) is 46.4 Å². The van der Waals surface area contributed by atoms with Crippen LogP contribution in [-0.2, 0) is 11.3 Å². The molecule has 1 atom stereocenters. The van der Waals surface area contributed by atoms with Crippen molar-refractivity contribution in [2.24, 2.45) is 0 Å². The highest BCUT2D eigenvalue weighted by molar-refractivity contribution is 9.10. The third-order valence-electron chi connectivity index (χ3n) is 2.97. The Bertz CT molecular complexity index is 573. The molecule has 0 aliphatic carbocycles. The first-order chi connectivity index (χ1) is 9.60. The van der Waals surface area contributed by atoms with E-state index in [0.29, 0.717) is 13.2 Å². The molecule has 0 fully saturated rings. The van der Waals surface area contributed by atoms with Crippen molar-refractivity contribution in [3.8, 4) is 0 Å². The van der Waals surface area contributed by atoms with E-state index in [-0.39, 0.29) is 11.9 Å². The van der Waals surface area contributed by atoms with Crippen LogP contribution in [0.1, 0.15) is 18.5 Å². The molecule has 108 valence electrons. The number of methoxy groups -OCH3 is 1. The van der Waals surface area contributed by atoms with Crippen LogP contribution in [-0.4, -0.2) is 23.5 Å². The summed E-state index contributed by atoms with van der Waals surface area (Å²) in [5.74, 6) is -0.250. The number of hydrogen-bond donors (Lipinski definition) is 1. The molecule has 0 spiro atoms. The lowest BCUT2D eigenvalue weighted by atomic mass is 10.1. The second-order valence-corrected chi connectivity index (χ2v) is 5.37. The molecule has 0 bridgehead atoms. The van der Waals surface area contributed by atoms with Crippen LogP contribution in [0.2, 0.25) is 0 Å². The van der Waals surface area contributed by atoms with Crippen LogP contribution in [0.3, 0.4) is 0 Å². The second-order valence-electron chi connectivity index (χ2n) is 4.52. The summed E-state index contributed by atoms with van der Waals surface area (Å²) in [6.07, 6.45) is 3.69. The van der Waals surface area contributed by atoms with Crippen molar-refractivity contribution in [3.63, 3.8) is 0 Å². The Kier molecular flexibility index (Phi) is 5.14. The number of benzene rings is 1. The number of rotatable bonds is 6. The maximum atomic E-state index is 13.1. The molecule has 1 aromatic heterocycles. The van der Waals surface area contributed by atoms with Gasteiger partial charge in [0.25, 0.3) is 0 Å². The summed E-state index contributed by atoms with van der Waals surface area (Å²) >= 11 is 3.38. The van der Waals surface area contributed by atoms with Gasteiger partial charge in [-0.25, -0.2) is 4.39 Å². The van der Waals surface area contributed by atoms with E-state index in [9.17, 15) is 4.39 Å². The van der Waals surface area contributed by atoms with Crippen LogP contribution in [0, 0.1) is 5.82 Å². The fourth-order valence-electron chi connectivity index (χ4n) is 1.93. The van der Waals surface area contributed by atoms with Crippen molar-refractivity contribution < 1.29 is 9.13 Å². The van der Waals surface area contributed by atoms with Crippen molar-refractivity contribution >= 4 is 21.6 Å². The summed E-state index contributed by atoms with van der Waals surface area (Å²) in [5.41, 5.74) is 1.92. The van der Waals surface area contributed by atoms with Crippen LogP contribution >= 0.6 is 15.9 Å². The Balaban J connectivity index is 2.03. The number of aromatic nitrogens is 2. The molecule has 20 heavy (non-hydrogen) atoms. The summed E-state index contributed by atoms with van der Waals surface area (Å²) < 4.78 is 20.7. The predicted molar refractivity (Wildman–Crippen MR) is 80.2 cm³/mol. The molecule has 2 rings (SSSR count). The lowest BCUT2D eigenvalue weighted by Gasteiger charge is -2.15. The molecule has 0 saturated heterocycles. The number of anilines is 1. The van der Waals surface area contributed by atoms with Crippen LogP contribution in [0.4, 0.5) is 10.1 Å². The number of hydrogen-bond acceptors (Lipinski definition) is 3. The SMILES string of the molecule is COCCn1cc(NC(C)c2ccc(F)cc2Br)cn1. The summed E-state index contributed by atoms with van der Waals surface area (Å²) in [4.78, 5) is 0. The zero-order chi connectivity index (χ0) is 14.5. The predicted octanol–water partition coefficient (Wildman–Crippen LogP) is 3.60. The fourth-order valence-corrected chi connectivity index (χ4v) is 2.62. The first kappa shape index (κ1) is 15.0. The van der Waals surface area contributed by atoms with Crippen LogP contribution in [0.25, 0.3) is 0 Å². The Labute approximate surface area is 126 Å². The second kappa shape index (κ2) is 6.85. The van der Waals surface area contributed by atoms with E-state index >= 15 is 0 Å². The standard InChI is InChI=1S/C14H17BrFN3O/c1-10(13-4-3-11(16)7-14(13)15)18-12-8-17-19(9-12)5-6-20-2/h3-4,7-10,18H,5-6H2,1-2H3. The van der Waals surface area contributed by atoms with Gasteiger partial charge in [0.2, 0.25) is 0 Å². The van der Waals surface area contributed by atoms with Gasteiger partial charge in [0.15, 0.2) is 0 Å². The lowest BCUT2D eigenvalue weighted by molar-refractivity contribution is 0.183. The summed E-state index contributed by atoms with van der Waals surface area (Å²) in [5, 5.41) is 7.58. The number of ether oxygens (including phenoxy) is 1. The zero-order valence-corrected chi connectivity index (χ0v) is 13.0. The maximum absolute atomic E-state index is 13.1. The van der Waals surface area contributed by atoms with E-state index in [1.54, 1.807) is 19.4 Å². The number of nitrogens with one attached hydrogen (secondary N) is 1. The van der Waals surface area contributed by atoms with E-state index < -0.39 is 0 Å².